The summed E-state index contributed by atoms with van der Waals surface area (Å²) in [5, 5.41) is 3.22. The number of rotatable bonds is 4. The normalized spacial score (nSPS) is 23.5. The van der Waals surface area contributed by atoms with Crippen molar-refractivity contribution in [3.63, 3.8) is 0 Å². The van der Waals surface area contributed by atoms with Crippen molar-refractivity contribution in [3.8, 4) is 0 Å². The van der Waals surface area contributed by atoms with E-state index in [-0.39, 0.29) is 6.04 Å². The van der Waals surface area contributed by atoms with Gasteiger partial charge in [-0.15, -0.1) is 0 Å². The highest BCUT2D eigenvalue weighted by Gasteiger charge is 2.23. The molecule has 1 saturated heterocycles. The number of carbonyl (C=O) groups excluding carboxylic acids is 1. The summed E-state index contributed by atoms with van der Waals surface area (Å²) in [6.07, 6.45) is 1.67. The molecular weight excluding hydrogens is 164 g/mol. The van der Waals surface area contributed by atoms with Crippen molar-refractivity contribution in [2.75, 3.05) is 20.1 Å². The van der Waals surface area contributed by atoms with Gasteiger partial charge >= 0.3 is 0 Å². The molecule has 1 N–H and O–H groups in total. The van der Waals surface area contributed by atoms with Gasteiger partial charge in [0.05, 0.1) is 6.04 Å². The third-order valence-corrected chi connectivity index (χ3v) is 2.80. The molecule has 0 amide bonds. The van der Waals surface area contributed by atoms with Crippen molar-refractivity contribution in [1.29, 1.82) is 0 Å². The van der Waals surface area contributed by atoms with E-state index >= 15 is 0 Å². The second-order valence-electron chi connectivity index (χ2n) is 4.09. The standard InChI is InChI=1S/C10H20N2O/c1-8(2)12(3)7-5-9-10(13)4-6-11-9/h8-9,11H,4-7H2,1-3H3. The van der Waals surface area contributed by atoms with E-state index in [2.05, 4.69) is 31.1 Å². The number of nitrogens with one attached hydrogen (secondary N) is 1. The predicted octanol–water partition coefficient (Wildman–Crippen LogP) is 0.648. The topological polar surface area (TPSA) is 32.3 Å². The summed E-state index contributed by atoms with van der Waals surface area (Å²) in [7, 11) is 2.10. The van der Waals surface area contributed by atoms with Crippen molar-refractivity contribution in [3.05, 3.63) is 0 Å². The van der Waals surface area contributed by atoms with E-state index in [0.717, 1.165) is 25.9 Å². The van der Waals surface area contributed by atoms with Crippen LogP contribution in [0.25, 0.3) is 0 Å². The van der Waals surface area contributed by atoms with Crippen LogP contribution in [0.15, 0.2) is 0 Å². The quantitative estimate of drug-likeness (QED) is 0.696. The van der Waals surface area contributed by atoms with Crippen molar-refractivity contribution in [2.45, 2.75) is 38.8 Å². The van der Waals surface area contributed by atoms with Gasteiger partial charge in [0.1, 0.15) is 0 Å². The number of nitrogens with zero attached hydrogens (tertiary/aromatic N) is 1. The molecule has 1 aliphatic rings. The Kier molecular flexibility index (Phi) is 3.88. The average Bonchev–Trinajstić information content (AvgIpc) is 2.47. The maximum Gasteiger partial charge on any atom is 0.151 e. The van der Waals surface area contributed by atoms with Crippen LogP contribution in [0.3, 0.4) is 0 Å². The fraction of sp³-hybridized carbons (Fsp3) is 0.900. The minimum atomic E-state index is 0.126. The first kappa shape index (κ1) is 10.7. The molecular formula is C10H20N2O. The number of hydrogen-bond acceptors (Lipinski definition) is 3. The number of hydrogen-bond donors (Lipinski definition) is 1. The van der Waals surface area contributed by atoms with Gasteiger partial charge in [-0.05, 0) is 27.3 Å². The molecule has 0 aromatic carbocycles. The molecule has 3 nitrogen and oxygen atoms in total. The van der Waals surface area contributed by atoms with E-state index in [4.69, 9.17) is 0 Å². The molecule has 1 unspecified atom stereocenters. The first-order valence-corrected chi connectivity index (χ1v) is 5.07. The van der Waals surface area contributed by atoms with Gasteiger partial charge in [0.2, 0.25) is 0 Å². The second-order valence-corrected chi connectivity index (χ2v) is 4.09. The minimum absolute atomic E-state index is 0.126. The lowest BCUT2D eigenvalue weighted by Crippen LogP contribution is -2.34. The van der Waals surface area contributed by atoms with Gasteiger partial charge in [0, 0.05) is 25.6 Å². The zero-order valence-corrected chi connectivity index (χ0v) is 8.84. The monoisotopic (exact) mass is 184 g/mol. The molecule has 0 aromatic rings. The van der Waals surface area contributed by atoms with E-state index in [1.165, 1.54) is 0 Å². The molecule has 0 bridgehead atoms. The Hall–Kier alpha value is -0.410. The van der Waals surface area contributed by atoms with Gasteiger partial charge in [0.25, 0.3) is 0 Å². The SMILES string of the molecule is CC(C)N(C)CCC1NCCC1=O. The van der Waals surface area contributed by atoms with E-state index in [0.29, 0.717) is 11.8 Å². The molecule has 13 heavy (non-hydrogen) atoms. The molecule has 0 radical (unpaired) electrons. The Bertz CT molecular complexity index is 180. The Balaban J connectivity index is 2.22. The number of ketones is 1. The van der Waals surface area contributed by atoms with E-state index in [9.17, 15) is 4.79 Å². The summed E-state index contributed by atoms with van der Waals surface area (Å²) >= 11 is 0. The van der Waals surface area contributed by atoms with E-state index in [1.807, 2.05) is 0 Å². The zero-order chi connectivity index (χ0) is 9.84. The molecule has 1 aliphatic heterocycles. The van der Waals surface area contributed by atoms with E-state index < -0.39 is 0 Å². The Morgan fingerprint density at radius 1 is 1.62 bits per heavy atom. The van der Waals surface area contributed by atoms with Crippen LogP contribution in [0, 0.1) is 0 Å². The van der Waals surface area contributed by atoms with Crippen LogP contribution < -0.4 is 5.32 Å². The fourth-order valence-electron chi connectivity index (χ4n) is 1.51. The molecule has 76 valence electrons. The van der Waals surface area contributed by atoms with Crippen LogP contribution in [0.5, 0.6) is 0 Å². The third-order valence-electron chi connectivity index (χ3n) is 2.80. The second kappa shape index (κ2) is 4.72. The summed E-state index contributed by atoms with van der Waals surface area (Å²) in [5.74, 6) is 0.386. The summed E-state index contributed by atoms with van der Waals surface area (Å²) in [5.41, 5.74) is 0. The molecule has 0 spiro atoms. The highest BCUT2D eigenvalue weighted by Crippen LogP contribution is 2.06. The van der Waals surface area contributed by atoms with Crippen LogP contribution in [0.2, 0.25) is 0 Å². The summed E-state index contributed by atoms with van der Waals surface area (Å²) in [4.78, 5) is 13.5. The van der Waals surface area contributed by atoms with Crippen molar-refractivity contribution >= 4 is 5.78 Å². The summed E-state index contributed by atoms with van der Waals surface area (Å²) < 4.78 is 0. The van der Waals surface area contributed by atoms with Crippen molar-refractivity contribution in [1.82, 2.24) is 10.2 Å². The Morgan fingerprint density at radius 3 is 2.77 bits per heavy atom. The summed E-state index contributed by atoms with van der Waals surface area (Å²) in [6, 6.07) is 0.692. The Labute approximate surface area is 80.5 Å². The molecule has 0 saturated carbocycles. The van der Waals surface area contributed by atoms with Gasteiger partial charge in [0.15, 0.2) is 5.78 Å². The predicted molar refractivity (Wildman–Crippen MR) is 53.8 cm³/mol. The molecule has 0 aliphatic carbocycles. The molecule has 3 heteroatoms. The smallest absolute Gasteiger partial charge is 0.151 e. The molecule has 1 fully saturated rings. The molecule has 0 aromatic heterocycles. The lowest BCUT2D eigenvalue weighted by Gasteiger charge is -2.22. The highest BCUT2D eigenvalue weighted by atomic mass is 16.1. The van der Waals surface area contributed by atoms with Crippen LogP contribution in [-0.2, 0) is 4.79 Å². The lowest BCUT2D eigenvalue weighted by molar-refractivity contribution is -0.118. The van der Waals surface area contributed by atoms with Crippen molar-refractivity contribution in [2.24, 2.45) is 0 Å². The zero-order valence-electron chi connectivity index (χ0n) is 8.84. The largest absolute Gasteiger partial charge is 0.307 e. The van der Waals surface area contributed by atoms with Crippen LogP contribution >= 0.6 is 0 Å². The summed E-state index contributed by atoms with van der Waals surface area (Å²) in [6.45, 7) is 6.21. The van der Waals surface area contributed by atoms with Crippen molar-refractivity contribution < 1.29 is 4.79 Å². The van der Waals surface area contributed by atoms with Gasteiger partial charge in [-0.1, -0.05) is 0 Å². The van der Waals surface area contributed by atoms with Gasteiger partial charge in [-0.2, -0.15) is 0 Å². The van der Waals surface area contributed by atoms with E-state index in [1.54, 1.807) is 0 Å². The van der Waals surface area contributed by atoms with Crippen LogP contribution in [0.4, 0.5) is 0 Å². The van der Waals surface area contributed by atoms with Crippen LogP contribution in [0.1, 0.15) is 26.7 Å². The van der Waals surface area contributed by atoms with Crippen LogP contribution in [-0.4, -0.2) is 42.9 Å². The minimum Gasteiger partial charge on any atom is -0.307 e. The van der Waals surface area contributed by atoms with Gasteiger partial charge < -0.3 is 10.2 Å². The maximum atomic E-state index is 11.3. The fourth-order valence-corrected chi connectivity index (χ4v) is 1.51. The highest BCUT2D eigenvalue weighted by molar-refractivity contribution is 5.86. The lowest BCUT2D eigenvalue weighted by atomic mass is 10.1. The van der Waals surface area contributed by atoms with Gasteiger partial charge in [-0.25, -0.2) is 0 Å². The molecule has 1 rings (SSSR count). The average molecular weight is 184 g/mol. The maximum absolute atomic E-state index is 11.3. The first-order chi connectivity index (χ1) is 6.11. The molecule has 1 atom stereocenters. The Morgan fingerprint density at radius 2 is 2.31 bits per heavy atom. The third kappa shape index (κ3) is 3.08. The molecule has 1 heterocycles. The number of carbonyl (C=O) groups is 1. The first-order valence-electron chi connectivity index (χ1n) is 5.07. The van der Waals surface area contributed by atoms with Gasteiger partial charge in [-0.3, -0.25) is 4.79 Å². The number of Topliss-reactive ketones (excluding diaryl/α,β-unsaturated/α-hetero) is 1.